The standard InChI is InChI=1S/C14H20N6O/c1-4-15-8-11(3)14(21)17-12-6-5-10(2)13(7-12)20-9-16-18-19-20/h5-7,9,11,15H,4,8H2,1-3H3,(H,17,21). The lowest BCUT2D eigenvalue weighted by Crippen LogP contribution is -2.30. The Morgan fingerprint density at radius 3 is 2.90 bits per heavy atom. The van der Waals surface area contributed by atoms with Crippen molar-refractivity contribution in [3.63, 3.8) is 0 Å². The van der Waals surface area contributed by atoms with Crippen LogP contribution in [0.2, 0.25) is 0 Å². The number of nitrogens with one attached hydrogen (secondary N) is 2. The molecule has 2 aromatic rings. The topological polar surface area (TPSA) is 84.7 Å². The van der Waals surface area contributed by atoms with Gasteiger partial charge in [0, 0.05) is 18.2 Å². The van der Waals surface area contributed by atoms with Crippen LogP contribution >= 0.6 is 0 Å². The number of carbonyl (C=O) groups is 1. The number of benzene rings is 1. The van der Waals surface area contributed by atoms with Crippen molar-refractivity contribution in [1.82, 2.24) is 25.5 Å². The first-order chi connectivity index (χ1) is 10.1. The molecule has 112 valence electrons. The van der Waals surface area contributed by atoms with E-state index >= 15 is 0 Å². The van der Waals surface area contributed by atoms with Crippen LogP contribution in [0.3, 0.4) is 0 Å². The molecule has 1 aromatic carbocycles. The second-order valence-electron chi connectivity index (χ2n) is 4.95. The van der Waals surface area contributed by atoms with Gasteiger partial charge in [0.05, 0.1) is 5.69 Å². The van der Waals surface area contributed by atoms with Gasteiger partial charge in [0.1, 0.15) is 6.33 Å². The Kier molecular flexibility index (Phi) is 4.99. The van der Waals surface area contributed by atoms with Crippen molar-refractivity contribution < 1.29 is 4.79 Å². The van der Waals surface area contributed by atoms with Gasteiger partial charge in [-0.25, -0.2) is 4.68 Å². The molecular weight excluding hydrogens is 268 g/mol. The third-order valence-corrected chi connectivity index (χ3v) is 3.22. The molecule has 0 aliphatic heterocycles. The fourth-order valence-electron chi connectivity index (χ4n) is 1.92. The van der Waals surface area contributed by atoms with Crippen LogP contribution in [0.15, 0.2) is 24.5 Å². The molecule has 1 atom stereocenters. The summed E-state index contributed by atoms with van der Waals surface area (Å²) in [6.07, 6.45) is 1.53. The summed E-state index contributed by atoms with van der Waals surface area (Å²) in [7, 11) is 0. The van der Waals surface area contributed by atoms with Crippen molar-refractivity contribution >= 4 is 11.6 Å². The van der Waals surface area contributed by atoms with Crippen LogP contribution in [0.4, 0.5) is 5.69 Å². The Labute approximate surface area is 123 Å². The maximum atomic E-state index is 12.1. The second kappa shape index (κ2) is 6.94. The first-order valence-electron chi connectivity index (χ1n) is 6.97. The predicted octanol–water partition coefficient (Wildman–Crippen LogP) is 1.15. The van der Waals surface area contributed by atoms with E-state index in [-0.39, 0.29) is 11.8 Å². The van der Waals surface area contributed by atoms with E-state index in [2.05, 4.69) is 26.2 Å². The van der Waals surface area contributed by atoms with Crippen molar-refractivity contribution in [3.05, 3.63) is 30.1 Å². The molecule has 0 aliphatic rings. The van der Waals surface area contributed by atoms with Crippen molar-refractivity contribution in [2.45, 2.75) is 20.8 Å². The average Bonchev–Trinajstić information content (AvgIpc) is 3.00. The van der Waals surface area contributed by atoms with Crippen molar-refractivity contribution in [3.8, 4) is 5.69 Å². The number of aryl methyl sites for hydroxylation is 1. The van der Waals surface area contributed by atoms with E-state index in [4.69, 9.17) is 0 Å². The van der Waals surface area contributed by atoms with Gasteiger partial charge in [-0.1, -0.05) is 19.9 Å². The Morgan fingerprint density at radius 2 is 2.24 bits per heavy atom. The minimum Gasteiger partial charge on any atom is -0.326 e. The highest BCUT2D eigenvalue weighted by Gasteiger charge is 2.13. The predicted molar refractivity (Wildman–Crippen MR) is 80.2 cm³/mol. The SMILES string of the molecule is CCNCC(C)C(=O)Nc1ccc(C)c(-n2cnnn2)c1. The lowest BCUT2D eigenvalue weighted by molar-refractivity contribution is -0.119. The number of aromatic nitrogens is 4. The lowest BCUT2D eigenvalue weighted by Gasteiger charge is -2.14. The molecule has 2 rings (SSSR count). The molecule has 2 N–H and O–H groups in total. The summed E-state index contributed by atoms with van der Waals surface area (Å²) in [4.78, 5) is 12.1. The minimum absolute atomic E-state index is 0.0116. The van der Waals surface area contributed by atoms with Crippen LogP contribution in [0.25, 0.3) is 5.69 Å². The molecule has 1 unspecified atom stereocenters. The van der Waals surface area contributed by atoms with Gasteiger partial charge in [-0.05, 0) is 41.6 Å². The number of nitrogens with zero attached hydrogens (tertiary/aromatic N) is 4. The molecule has 0 aliphatic carbocycles. The lowest BCUT2D eigenvalue weighted by atomic mass is 10.1. The summed E-state index contributed by atoms with van der Waals surface area (Å²) in [6.45, 7) is 7.40. The zero-order valence-electron chi connectivity index (χ0n) is 12.5. The first-order valence-corrected chi connectivity index (χ1v) is 6.97. The number of hydrogen-bond acceptors (Lipinski definition) is 5. The van der Waals surface area contributed by atoms with Gasteiger partial charge >= 0.3 is 0 Å². The zero-order chi connectivity index (χ0) is 15.2. The molecule has 0 spiro atoms. The fraction of sp³-hybridized carbons (Fsp3) is 0.429. The number of carbonyl (C=O) groups excluding carboxylic acids is 1. The summed E-state index contributed by atoms with van der Waals surface area (Å²) in [5.41, 5.74) is 2.61. The molecule has 21 heavy (non-hydrogen) atoms. The van der Waals surface area contributed by atoms with E-state index < -0.39 is 0 Å². The first kappa shape index (κ1) is 15.1. The molecule has 1 amide bonds. The summed E-state index contributed by atoms with van der Waals surface area (Å²) >= 11 is 0. The van der Waals surface area contributed by atoms with Gasteiger partial charge < -0.3 is 10.6 Å². The molecule has 7 heteroatoms. The summed E-state index contributed by atoms with van der Waals surface area (Å²) in [5.74, 6) is -0.106. The summed E-state index contributed by atoms with van der Waals surface area (Å²) in [5, 5.41) is 17.2. The molecule has 7 nitrogen and oxygen atoms in total. The minimum atomic E-state index is -0.0947. The molecule has 0 bridgehead atoms. The van der Waals surface area contributed by atoms with Crippen LogP contribution in [0.5, 0.6) is 0 Å². The molecular formula is C14H20N6O. The van der Waals surface area contributed by atoms with E-state index in [0.29, 0.717) is 6.54 Å². The van der Waals surface area contributed by atoms with Crippen LogP contribution < -0.4 is 10.6 Å². The fourth-order valence-corrected chi connectivity index (χ4v) is 1.92. The third kappa shape index (κ3) is 3.85. The van der Waals surface area contributed by atoms with Gasteiger partial charge in [0.25, 0.3) is 0 Å². The van der Waals surface area contributed by atoms with Gasteiger partial charge in [-0.3, -0.25) is 4.79 Å². The Hall–Kier alpha value is -2.28. The Balaban J connectivity index is 2.11. The van der Waals surface area contributed by atoms with Gasteiger partial charge in [-0.15, -0.1) is 5.10 Å². The highest BCUT2D eigenvalue weighted by molar-refractivity contribution is 5.92. The molecule has 0 saturated carbocycles. The molecule has 0 fully saturated rings. The summed E-state index contributed by atoms with van der Waals surface area (Å²) < 4.78 is 1.58. The highest BCUT2D eigenvalue weighted by Crippen LogP contribution is 2.18. The van der Waals surface area contributed by atoms with E-state index in [9.17, 15) is 4.79 Å². The maximum absolute atomic E-state index is 12.1. The van der Waals surface area contributed by atoms with E-state index in [0.717, 1.165) is 23.5 Å². The van der Waals surface area contributed by atoms with E-state index in [1.807, 2.05) is 39.0 Å². The zero-order valence-corrected chi connectivity index (χ0v) is 12.5. The number of hydrogen-bond donors (Lipinski definition) is 2. The van der Waals surface area contributed by atoms with Gasteiger partial charge in [-0.2, -0.15) is 0 Å². The monoisotopic (exact) mass is 288 g/mol. The number of anilines is 1. The Bertz CT molecular complexity index is 596. The van der Waals surface area contributed by atoms with Gasteiger partial charge in [0.2, 0.25) is 5.91 Å². The molecule has 1 heterocycles. The normalized spacial score (nSPS) is 12.1. The largest absolute Gasteiger partial charge is 0.326 e. The van der Waals surface area contributed by atoms with Crippen molar-refractivity contribution in [2.24, 2.45) is 5.92 Å². The number of amides is 1. The van der Waals surface area contributed by atoms with Crippen LogP contribution in [0.1, 0.15) is 19.4 Å². The van der Waals surface area contributed by atoms with E-state index in [1.165, 1.54) is 6.33 Å². The molecule has 0 saturated heterocycles. The van der Waals surface area contributed by atoms with Crippen molar-refractivity contribution in [2.75, 3.05) is 18.4 Å². The third-order valence-electron chi connectivity index (χ3n) is 3.22. The second-order valence-corrected chi connectivity index (χ2v) is 4.95. The molecule has 1 aromatic heterocycles. The molecule has 0 radical (unpaired) electrons. The van der Waals surface area contributed by atoms with Gasteiger partial charge in [0.15, 0.2) is 0 Å². The van der Waals surface area contributed by atoms with E-state index in [1.54, 1.807) is 4.68 Å². The summed E-state index contributed by atoms with van der Waals surface area (Å²) in [6, 6.07) is 5.67. The smallest absolute Gasteiger partial charge is 0.228 e. The van der Waals surface area contributed by atoms with Crippen LogP contribution in [-0.4, -0.2) is 39.2 Å². The quantitative estimate of drug-likeness (QED) is 0.833. The van der Waals surface area contributed by atoms with Crippen LogP contribution in [-0.2, 0) is 4.79 Å². The number of rotatable bonds is 6. The Morgan fingerprint density at radius 1 is 1.43 bits per heavy atom. The average molecular weight is 288 g/mol. The highest BCUT2D eigenvalue weighted by atomic mass is 16.1. The number of tetrazole rings is 1. The van der Waals surface area contributed by atoms with Crippen LogP contribution in [0, 0.1) is 12.8 Å². The van der Waals surface area contributed by atoms with Crippen molar-refractivity contribution in [1.29, 1.82) is 0 Å². The maximum Gasteiger partial charge on any atom is 0.228 e.